The van der Waals surface area contributed by atoms with E-state index in [1.54, 1.807) is 23.9 Å². The summed E-state index contributed by atoms with van der Waals surface area (Å²) in [5.74, 6) is -1.88. The number of aryl methyl sites for hydroxylation is 1. The molecule has 0 fully saturated rings. The molecule has 0 aliphatic rings. The van der Waals surface area contributed by atoms with Crippen LogP contribution in [0, 0.1) is 11.6 Å². The van der Waals surface area contributed by atoms with Crippen LogP contribution in [0.25, 0.3) is 11.0 Å². The van der Waals surface area contributed by atoms with E-state index in [-0.39, 0.29) is 11.3 Å². The third kappa shape index (κ3) is 2.45. The molecule has 1 aromatic heterocycles. The lowest BCUT2D eigenvalue weighted by atomic mass is 10.2. The van der Waals surface area contributed by atoms with E-state index in [1.807, 2.05) is 0 Å². The van der Waals surface area contributed by atoms with Gasteiger partial charge in [-0.25, -0.2) is 13.5 Å². The third-order valence-corrected chi connectivity index (χ3v) is 3.05. The van der Waals surface area contributed by atoms with Crippen LogP contribution in [-0.2, 0) is 7.05 Å². The number of nitrogens with zero attached hydrogens (tertiary/aromatic N) is 3. The van der Waals surface area contributed by atoms with Crippen molar-refractivity contribution in [1.29, 1.82) is 0 Å². The van der Waals surface area contributed by atoms with Crippen molar-refractivity contribution < 1.29 is 13.6 Å². The highest BCUT2D eigenvalue weighted by Crippen LogP contribution is 2.18. The first kappa shape index (κ1) is 13.2. The molecule has 0 aliphatic heterocycles. The van der Waals surface area contributed by atoms with Gasteiger partial charge in [0.2, 0.25) is 0 Å². The Kier molecular flexibility index (Phi) is 3.09. The first-order valence-corrected chi connectivity index (χ1v) is 6.10. The lowest BCUT2D eigenvalue weighted by Gasteiger charge is -2.06. The topological polar surface area (TPSA) is 59.8 Å². The maximum absolute atomic E-state index is 13.5. The smallest absolute Gasteiger partial charge is 0.255 e. The van der Waals surface area contributed by atoms with Gasteiger partial charge in [-0.05, 0) is 30.3 Å². The van der Waals surface area contributed by atoms with Crippen LogP contribution in [0.1, 0.15) is 10.4 Å². The summed E-state index contributed by atoms with van der Waals surface area (Å²) in [4.78, 5) is 12.1. The highest BCUT2D eigenvalue weighted by molar-refractivity contribution is 6.05. The second-order valence-electron chi connectivity index (χ2n) is 4.49. The van der Waals surface area contributed by atoms with Gasteiger partial charge in [0, 0.05) is 18.7 Å². The number of nitrogens with one attached hydrogen (secondary N) is 1. The van der Waals surface area contributed by atoms with Gasteiger partial charge in [0.1, 0.15) is 17.2 Å². The normalized spacial score (nSPS) is 10.8. The van der Waals surface area contributed by atoms with Crippen molar-refractivity contribution >= 4 is 22.6 Å². The first-order chi connectivity index (χ1) is 10.0. The summed E-state index contributed by atoms with van der Waals surface area (Å²) in [5.41, 5.74) is 1.39. The molecule has 5 nitrogen and oxygen atoms in total. The number of halogens is 2. The quantitative estimate of drug-likeness (QED) is 0.788. The number of amides is 1. The molecule has 1 heterocycles. The fraction of sp³-hybridized carbons (Fsp3) is 0.0714. The Morgan fingerprint density at radius 2 is 2.00 bits per heavy atom. The number of anilines is 1. The lowest BCUT2D eigenvalue weighted by Crippen LogP contribution is -2.13. The lowest BCUT2D eigenvalue weighted by molar-refractivity contribution is 0.102. The van der Waals surface area contributed by atoms with E-state index in [9.17, 15) is 13.6 Å². The fourth-order valence-electron chi connectivity index (χ4n) is 1.97. The van der Waals surface area contributed by atoms with Gasteiger partial charge in [0.25, 0.3) is 5.91 Å². The molecule has 1 N–H and O–H groups in total. The number of fused-ring (bicyclic) bond motifs is 1. The Bertz CT molecular complexity index is 844. The molecule has 0 unspecified atom stereocenters. The fourth-order valence-corrected chi connectivity index (χ4v) is 1.97. The number of benzene rings is 2. The Labute approximate surface area is 118 Å². The molecule has 0 radical (unpaired) electrons. The van der Waals surface area contributed by atoms with E-state index in [2.05, 4.69) is 15.6 Å². The van der Waals surface area contributed by atoms with Gasteiger partial charge < -0.3 is 5.32 Å². The minimum Gasteiger partial charge on any atom is -0.319 e. The van der Waals surface area contributed by atoms with E-state index < -0.39 is 17.5 Å². The van der Waals surface area contributed by atoms with Crippen molar-refractivity contribution in [2.75, 3.05) is 5.32 Å². The summed E-state index contributed by atoms with van der Waals surface area (Å²) in [6.45, 7) is 0. The van der Waals surface area contributed by atoms with E-state index >= 15 is 0 Å². The Hall–Kier alpha value is -2.83. The van der Waals surface area contributed by atoms with Crippen molar-refractivity contribution in [2.45, 2.75) is 0 Å². The molecule has 0 saturated heterocycles. The summed E-state index contributed by atoms with van der Waals surface area (Å²) >= 11 is 0. The number of carbonyl (C=O) groups is 1. The molecule has 0 spiro atoms. The molecule has 106 valence electrons. The largest absolute Gasteiger partial charge is 0.319 e. The van der Waals surface area contributed by atoms with Crippen LogP contribution in [0.3, 0.4) is 0 Å². The molecule has 21 heavy (non-hydrogen) atoms. The molecular weight excluding hydrogens is 278 g/mol. The molecule has 7 heteroatoms. The maximum atomic E-state index is 13.5. The molecule has 2 aromatic carbocycles. The van der Waals surface area contributed by atoms with Crippen molar-refractivity contribution in [3.8, 4) is 0 Å². The van der Waals surface area contributed by atoms with E-state index in [1.165, 1.54) is 6.07 Å². The van der Waals surface area contributed by atoms with Crippen LogP contribution in [-0.4, -0.2) is 20.9 Å². The summed E-state index contributed by atoms with van der Waals surface area (Å²) in [6.07, 6.45) is 0. The summed E-state index contributed by atoms with van der Waals surface area (Å²) in [5, 5.41) is 10.1. The number of carbonyl (C=O) groups excluding carboxylic acids is 1. The molecule has 3 rings (SSSR count). The molecule has 0 atom stereocenters. The van der Waals surface area contributed by atoms with Crippen LogP contribution < -0.4 is 5.32 Å². The zero-order valence-electron chi connectivity index (χ0n) is 11.0. The highest BCUT2D eigenvalue weighted by atomic mass is 19.1. The highest BCUT2D eigenvalue weighted by Gasteiger charge is 2.12. The van der Waals surface area contributed by atoms with E-state index in [4.69, 9.17) is 0 Å². The summed E-state index contributed by atoms with van der Waals surface area (Å²) in [7, 11) is 1.73. The molecule has 0 bridgehead atoms. The van der Waals surface area contributed by atoms with Gasteiger partial charge >= 0.3 is 0 Å². The number of hydrogen-bond acceptors (Lipinski definition) is 3. The van der Waals surface area contributed by atoms with Crippen molar-refractivity contribution in [3.05, 3.63) is 53.6 Å². The molecule has 0 aliphatic carbocycles. The zero-order valence-corrected chi connectivity index (χ0v) is 11.0. The third-order valence-electron chi connectivity index (χ3n) is 3.05. The van der Waals surface area contributed by atoms with Gasteiger partial charge in [-0.1, -0.05) is 5.21 Å². The Morgan fingerprint density at radius 3 is 2.81 bits per heavy atom. The van der Waals surface area contributed by atoms with Gasteiger partial charge in [-0.3, -0.25) is 4.79 Å². The van der Waals surface area contributed by atoms with Crippen molar-refractivity contribution in [3.63, 3.8) is 0 Å². The van der Waals surface area contributed by atoms with Crippen LogP contribution in [0.5, 0.6) is 0 Å². The van der Waals surface area contributed by atoms with E-state index in [0.29, 0.717) is 5.52 Å². The molecule has 3 aromatic rings. The van der Waals surface area contributed by atoms with E-state index in [0.717, 1.165) is 23.7 Å². The van der Waals surface area contributed by atoms with Crippen LogP contribution in [0.15, 0.2) is 36.4 Å². The minimum absolute atomic E-state index is 0.209. The average Bonchev–Trinajstić information content (AvgIpc) is 2.84. The molecule has 0 saturated carbocycles. The zero-order chi connectivity index (χ0) is 15.0. The first-order valence-electron chi connectivity index (χ1n) is 6.10. The Balaban J connectivity index is 1.91. The number of rotatable bonds is 2. The van der Waals surface area contributed by atoms with Gasteiger partial charge in [0.05, 0.1) is 11.2 Å². The summed E-state index contributed by atoms with van der Waals surface area (Å²) < 4.78 is 28.1. The van der Waals surface area contributed by atoms with Crippen molar-refractivity contribution in [2.24, 2.45) is 7.05 Å². The van der Waals surface area contributed by atoms with Gasteiger partial charge in [0.15, 0.2) is 0 Å². The standard InChI is InChI=1S/C14H10F2N4O/c1-20-13-5-2-8(6-12(13)18-19-20)14(21)17-11-7-9(15)3-4-10(11)16/h2-7H,1H3,(H,17,21). The second-order valence-corrected chi connectivity index (χ2v) is 4.49. The monoisotopic (exact) mass is 288 g/mol. The maximum Gasteiger partial charge on any atom is 0.255 e. The molecule has 1 amide bonds. The predicted molar refractivity (Wildman–Crippen MR) is 72.8 cm³/mol. The Morgan fingerprint density at radius 1 is 1.19 bits per heavy atom. The SMILES string of the molecule is Cn1nnc2cc(C(=O)Nc3cc(F)ccc3F)ccc21. The van der Waals surface area contributed by atoms with Crippen LogP contribution >= 0.6 is 0 Å². The minimum atomic E-state index is -0.703. The molecular formula is C14H10F2N4O. The van der Waals surface area contributed by atoms with Crippen molar-refractivity contribution in [1.82, 2.24) is 15.0 Å². The number of hydrogen-bond donors (Lipinski definition) is 1. The number of aromatic nitrogens is 3. The van der Waals surface area contributed by atoms with Crippen LogP contribution in [0.2, 0.25) is 0 Å². The average molecular weight is 288 g/mol. The predicted octanol–water partition coefficient (Wildman–Crippen LogP) is 2.50. The summed E-state index contributed by atoms with van der Waals surface area (Å²) in [6, 6.07) is 7.65. The second kappa shape index (κ2) is 4.93. The van der Waals surface area contributed by atoms with Gasteiger partial charge in [-0.2, -0.15) is 0 Å². The van der Waals surface area contributed by atoms with Crippen LogP contribution in [0.4, 0.5) is 14.5 Å². The van der Waals surface area contributed by atoms with Gasteiger partial charge in [-0.15, -0.1) is 5.10 Å².